The summed E-state index contributed by atoms with van der Waals surface area (Å²) in [5.74, 6) is 1.16. The van der Waals surface area contributed by atoms with Gasteiger partial charge >= 0.3 is 0 Å². The molecule has 27 rings (SSSR count). The number of benzene rings is 22. The highest BCUT2D eigenvalue weighted by Gasteiger charge is 2.31. The Bertz CT molecular complexity index is 9500. The molecule has 0 spiro atoms. The van der Waals surface area contributed by atoms with E-state index in [1.165, 1.54) is 274 Å². The summed E-state index contributed by atoms with van der Waals surface area (Å²) in [5, 5.41) is 31.8. The van der Waals surface area contributed by atoms with E-state index < -0.39 is 0 Å². The predicted octanol–water partition coefficient (Wildman–Crippen LogP) is 39.0. The van der Waals surface area contributed by atoms with Crippen LogP contribution in [0, 0.1) is 0 Å². The molecule has 0 amide bonds. The Kier molecular flexibility index (Phi) is 18.4. The van der Waals surface area contributed by atoms with Crippen LogP contribution in [-0.2, 0) is 0 Å². The van der Waals surface area contributed by atoms with E-state index in [2.05, 4.69) is 475 Å². The van der Waals surface area contributed by atoms with Crippen LogP contribution in [0.1, 0.15) is 101 Å². The molecule has 648 valence electrons. The van der Waals surface area contributed by atoms with E-state index in [9.17, 15) is 0 Å². The van der Waals surface area contributed by atoms with Crippen molar-refractivity contribution in [3.05, 3.63) is 433 Å². The van der Waals surface area contributed by atoms with Crippen molar-refractivity contribution in [3.8, 4) is 122 Å². The molecule has 0 bridgehead atoms. The van der Waals surface area contributed by atoms with Gasteiger partial charge in [-0.05, 0) is 364 Å². The minimum atomic E-state index is 0.191. The average molecular weight is 1770 g/mol. The summed E-state index contributed by atoms with van der Waals surface area (Å²) in [5.41, 5.74) is 39.7. The molecule has 22 aromatic carbocycles. The van der Waals surface area contributed by atoms with Crippen LogP contribution in [0.2, 0.25) is 0 Å². The minimum absolute atomic E-state index is 0.191. The number of rotatable bonds is 15. The first-order valence-electron chi connectivity index (χ1n) is 48.7. The first-order valence-corrected chi connectivity index (χ1v) is 49.7. The fourth-order valence-electron chi connectivity index (χ4n) is 24.1. The number of fused-ring (bicyclic) bond motifs is 19. The zero-order chi connectivity index (χ0) is 91.4. The standard InChI is InChI=1S/C134H96N2S/c1-77(2)102-43-27-44-103(78(3)4)127(102)92-52-48-89-73-124-116(65-96(89)59-92)120-69-100(99-62-112(83-33-17-11-18-34-83)132(113(63-99)84-35-19-12-20-36-84)131-110-41-25-23-39-108(110)130(109-40-24-26-42-111(109)131)129-105(81-29-13-9-14-30-81)45-28-46-106(129)82-31-15-10-16-32-82)70-121-117-66-97-60-93(53-49-90(97)74-125(117)136(124)134(120)121)128-104(79(5)6)55-56-107(126(128)80(7)8)91-51-47-88-72-123-115(64-95(88)58-91)119-68-98(87-50-54-94-75-137-76-101(94)57-87)67-118-114-61-85-37-21-22-38-86(85)71-122(114)135(123)133(118)119/h9-80H,1-8H3. The molecule has 0 saturated heterocycles. The molecule has 0 aliphatic heterocycles. The van der Waals surface area contributed by atoms with Crippen LogP contribution in [-0.4, -0.2) is 8.80 Å². The third-order valence-electron chi connectivity index (χ3n) is 30.4. The lowest BCUT2D eigenvalue weighted by molar-refractivity contribution is 0.838. The summed E-state index contributed by atoms with van der Waals surface area (Å²) < 4.78 is 5.19. The summed E-state index contributed by atoms with van der Waals surface area (Å²) in [6.07, 6.45) is 0. The molecule has 0 unspecified atom stereocenters. The first-order chi connectivity index (χ1) is 67.2. The molecule has 0 atom stereocenters. The number of hydrogen-bond donors (Lipinski definition) is 0. The molecule has 0 N–H and O–H groups in total. The Hall–Kier alpha value is -16.0. The van der Waals surface area contributed by atoms with E-state index in [1.807, 2.05) is 0 Å². The highest BCUT2D eigenvalue weighted by Crippen LogP contribution is 2.57. The molecule has 0 aliphatic rings. The van der Waals surface area contributed by atoms with Crippen LogP contribution in [0.5, 0.6) is 0 Å². The second-order valence-electron chi connectivity index (χ2n) is 39.6. The largest absolute Gasteiger partial charge is 0.308 e. The molecule has 0 fully saturated rings. The van der Waals surface area contributed by atoms with Crippen LogP contribution >= 0.6 is 11.3 Å². The van der Waals surface area contributed by atoms with Gasteiger partial charge in [0.25, 0.3) is 0 Å². The maximum atomic E-state index is 2.62. The SMILES string of the molecule is CC(C)c1cccc(C(C)C)c1-c1ccc2cc3c(cc2c1)c1cc(-c2cc(-c4ccccc4)c(-c4c5ccccc5c(-c5c(-c6ccccc6)cccc5-c5ccccc5)c5ccccc45)c(-c4ccccc4)c2)cc2c4cc5cc(-c6c(C(C)C)ccc(-c7ccc8cc9c(cc8c7)c7cc(-c8ccc%10cscc%10c8)cc8c%10cc%11ccccc%11cc%10n9c87)c6C(C)C)ccc5cc4n3c12. The smallest absolute Gasteiger partial charge is 0.0620 e. The molecule has 137 heavy (non-hydrogen) atoms. The lowest BCUT2D eigenvalue weighted by atomic mass is 9.78. The van der Waals surface area contributed by atoms with Gasteiger partial charge in [0.1, 0.15) is 0 Å². The molecule has 2 nitrogen and oxygen atoms in total. The van der Waals surface area contributed by atoms with E-state index in [0.717, 1.165) is 22.3 Å². The molecule has 0 saturated carbocycles. The van der Waals surface area contributed by atoms with Gasteiger partial charge in [0.05, 0.1) is 33.1 Å². The quantitative estimate of drug-likeness (QED) is 0.0905. The maximum Gasteiger partial charge on any atom is 0.0620 e. The lowest BCUT2D eigenvalue weighted by Gasteiger charge is -2.25. The number of nitrogens with zero attached hydrogens (tertiary/aromatic N) is 2. The van der Waals surface area contributed by atoms with Gasteiger partial charge in [-0.3, -0.25) is 0 Å². The van der Waals surface area contributed by atoms with Gasteiger partial charge in [0, 0.05) is 43.1 Å². The molecule has 5 heterocycles. The minimum Gasteiger partial charge on any atom is -0.308 e. The van der Waals surface area contributed by atoms with Crippen molar-refractivity contribution in [1.82, 2.24) is 8.80 Å². The van der Waals surface area contributed by atoms with Crippen LogP contribution < -0.4 is 0 Å². The zero-order valence-electron chi connectivity index (χ0n) is 77.9. The van der Waals surface area contributed by atoms with Crippen molar-refractivity contribution in [2.45, 2.75) is 79.1 Å². The number of aromatic nitrogens is 2. The zero-order valence-corrected chi connectivity index (χ0v) is 78.7. The van der Waals surface area contributed by atoms with Gasteiger partial charge in [0.2, 0.25) is 0 Å². The summed E-state index contributed by atoms with van der Waals surface area (Å²) in [6.45, 7) is 18.9. The van der Waals surface area contributed by atoms with Crippen molar-refractivity contribution in [3.63, 3.8) is 0 Å². The fraction of sp³-hybridized carbons (Fsp3) is 0.0896. The molecular weight excluding hydrogens is 1670 g/mol. The molecule has 27 aromatic rings. The second kappa shape index (κ2) is 31.3. The van der Waals surface area contributed by atoms with Crippen LogP contribution in [0.25, 0.3) is 274 Å². The maximum absolute atomic E-state index is 2.62. The third kappa shape index (κ3) is 12.6. The van der Waals surface area contributed by atoms with Crippen LogP contribution in [0.4, 0.5) is 0 Å². The van der Waals surface area contributed by atoms with Gasteiger partial charge in [-0.1, -0.05) is 347 Å². The molecule has 0 radical (unpaired) electrons. The predicted molar refractivity (Wildman–Crippen MR) is 592 cm³/mol. The monoisotopic (exact) mass is 1760 g/mol. The van der Waals surface area contributed by atoms with Gasteiger partial charge in [-0.2, -0.15) is 11.3 Å². The first kappa shape index (κ1) is 80.6. The van der Waals surface area contributed by atoms with Gasteiger partial charge in [-0.15, -0.1) is 0 Å². The van der Waals surface area contributed by atoms with E-state index in [1.54, 1.807) is 11.3 Å². The Balaban J connectivity index is 0.672. The highest BCUT2D eigenvalue weighted by atomic mass is 32.1. The molecule has 3 heteroatoms. The number of thiophene rings is 1. The van der Waals surface area contributed by atoms with Gasteiger partial charge in [0.15, 0.2) is 0 Å². The number of hydrogen-bond acceptors (Lipinski definition) is 1. The van der Waals surface area contributed by atoms with Crippen molar-refractivity contribution in [1.29, 1.82) is 0 Å². The summed E-state index contributed by atoms with van der Waals surface area (Å²) >= 11 is 1.77. The van der Waals surface area contributed by atoms with Crippen molar-refractivity contribution < 1.29 is 0 Å². The highest BCUT2D eigenvalue weighted by molar-refractivity contribution is 7.09. The second-order valence-corrected chi connectivity index (χ2v) is 40.4. The average Bonchev–Trinajstić information content (AvgIpc) is 1.58. The molecule has 0 aliphatic carbocycles. The summed E-state index contributed by atoms with van der Waals surface area (Å²) in [7, 11) is 0. The molecule has 5 aromatic heterocycles. The molecular formula is C134H96N2S. The topological polar surface area (TPSA) is 8.82 Å². The Labute approximate surface area is 800 Å². The van der Waals surface area contributed by atoms with Crippen LogP contribution in [0.15, 0.2) is 411 Å². The normalized spacial score (nSPS) is 12.4. The lowest BCUT2D eigenvalue weighted by Crippen LogP contribution is -2.03. The van der Waals surface area contributed by atoms with E-state index in [4.69, 9.17) is 0 Å². The Morgan fingerprint density at radius 1 is 0.168 bits per heavy atom. The summed E-state index contributed by atoms with van der Waals surface area (Å²) in [6, 6.07) is 155. The van der Waals surface area contributed by atoms with E-state index in [0.29, 0.717) is 11.8 Å². The van der Waals surface area contributed by atoms with Crippen LogP contribution in [0.3, 0.4) is 0 Å². The summed E-state index contributed by atoms with van der Waals surface area (Å²) in [4.78, 5) is 0. The van der Waals surface area contributed by atoms with Gasteiger partial charge < -0.3 is 8.80 Å². The van der Waals surface area contributed by atoms with E-state index in [-0.39, 0.29) is 11.8 Å². The Morgan fingerprint density at radius 3 is 0.942 bits per heavy atom. The van der Waals surface area contributed by atoms with Crippen molar-refractivity contribution >= 4 is 163 Å². The fourth-order valence-corrected chi connectivity index (χ4v) is 24.9. The van der Waals surface area contributed by atoms with Crippen molar-refractivity contribution in [2.24, 2.45) is 0 Å². The van der Waals surface area contributed by atoms with Gasteiger partial charge in [-0.25, -0.2) is 0 Å². The van der Waals surface area contributed by atoms with Crippen molar-refractivity contribution in [2.75, 3.05) is 0 Å². The Morgan fingerprint density at radius 2 is 0.496 bits per heavy atom. The third-order valence-corrected chi connectivity index (χ3v) is 31.2. The van der Waals surface area contributed by atoms with E-state index >= 15 is 0 Å².